The minimum absolute atomic E-state index is 0.0613. The molecule has 0 bridgehead atoms. The highest BCUT2D eigenvalue weighted by atomic mass is 16.5. The van der Waals surface area contributed by atoms with Gasteiger partial charge in [0, 0.05) is 13.1 Å². The number of carbonyl (C=O) groups excluding carboxylic acids is 1. The number of rotatable bonds is 6. The molecule has 0 atom stereocenters. The van der Waals surface area contributed by atoms with E-state index in [0.29, 0.717) is 19.0 Å². The summed E-state index contributed by atoms with van der Waals surface area (Å²) >= 11 is 0. The molecular formula is C10H18N6O2. The lowest BCUT2D eigenvalue weighted by atomic mass is 10.4. The van der Waals surface area contributed by atoms with Gasteiger partial charge in [0.15, 0.2) is 0 Å². The number of nitrogens with two attached hydrogens (primary N) is 1. The van der Waals surface area contributed by atoms with E-state index < -0.39 is 0 Å². The van der Waals surface area contributed by atoms with Crippen LogP contribution in [0.1, 0.15) is 13.8 Å². The molecule has 1 rings (SSSR count). The van der Waals surface area contributed by atoms with Crippen LogP contribution in [0.15, 0.2) is 0 Å². The van der Waals surface area contributed by atoms with Crippen LogP contribution < -0.4 is 20.7 Å². The third-order valence-electron chi connectivity index (χ3n) is 2.18. The quantitative estimate of drug-likeness (QED) is 0.699. The van der Waals surface area contributed by atoms with Crippen LogP contribution in [0.3, 0.4) is 0 Å². The van der Waals surface area contributed by atoms with Crippen LogP contribution in [0.5, 0.6) is 6.01 Å². The maximum Gasteiger partial charge on any atom is 0.322 e. The molecule has 8 nitrogen and oxygen atoms in total. The number of hydrogen-bond acceptors (Lipinski definition) is 7. The average molecular weight is 254 g/mol. The van der Waals surface area contributed by atoms with Crippen LogP contribution in [-0.4, -0.2) is 47.6 Å². The zero-order valence-corrected chi connectivity index (χ0v) is 10.8. The lowest BCUT2D eigenvalue weighted by Gasteiger charge is -2.20. The first-order valence-electron chi connectivity index (χ1n) is 5.67. The monoisotopic (exact) mass is 254 g/mol. The zero-order chi connectivity index (χ0) is 13.5. The van der Waals surface area contributed by atoms with Crippen molar-refractivity contribution in [3.8, 4) is 6.01 Å². The van der Waals surface area contributed by atoms with Gasteiger partial charge in [0.2, 0.25) is 17.8 Å². The number of carbonyl (C=O) groups is 1. The Kier molecular flexibility index (Phi) is 5.09. The lowest BCUT2D eigenvalue weighted by molar-refractivity contribution is -0.119. The molecule has 1 aromatic rings. The van der Waals surface area contributed by atoms with Crippen LogP contribution in [0.2, 0.25) is 0 Å². The molecule has 0 saturated carbocycles. The molecule has 0 spiro atoms. The molecular weight excluding hydrogens is 236 g/mol. The summed E-state index contributed by atoms with van der Waals surface area (Å²) in [7, 11) is 1.44. The molecule has 0 aliphatic rings. The highest BCUT2D eigenvalue weighted by molar-refractivity contribution is 5.80. The Morgan fingerprint density at radius 1 is 1.39 bits per heavy atom. The van der Waals surface area contributed by atoms with Crippen molar-refractivity contribution in [2.45, 2.75) is 13.8 Å². The second kappa shape index (κ2) is 6.58. The van der Waals surface area contributed by atoms with Gasteiger partial charge in [-0.05, 0) is 13.8 Å². The summed E-state index contributed by atoms with van der Waals surface area (Å²) in [6.45, 7) is 5.07. The second-order valence-electron chi connectivity index (χ2n) is 3.45. The molecule has 1 heterocycles. The van der Waals surface area contributed by atoms with Gasteiger partial charge in [-0.1, -0.05) is 0 Å². The number of amides is 1. The minimum Gasteiger partial charge on any atom is -0.467 e. The number of nitrogen functional groups attached to an aromatic ring is 1. The van der Waals surface area contributed by atoms with Gasteiger partial charge in [0.1, 0.15) is 0 Å². The first-order valence-corrected chi connectivity index (χ1v) is 5.67. The minimum atomic E-state index is -0.0997. The maximum atomic E-state index is 11.5. The smallest absolute Gasteiger partial charge is 0.322 e. The summed E-state index contributed by atoms with van der Waals surface area (Å²) in [5.41, 5.74) is 5.55. The zero-order valence-electron chi connectivity index (χ0n) is 10.8. The van der Waals surface area contributed by atoms with Crippen molar-refractivity contribution < 1.29 is 9.53 Å². The van der Waals surface area contributed by atoms with E-state index in [-0.39, 0.29) is 24.4 Å². The molecule has 0 aliphatic heterocycles. The number of nitrogens with one attached hydrogen (secondary N) is 1. The molecule has 0 aromatic carbocycles. The number of anilines is 2. The van der Waals surface area contributed by atoms with Crippen LogP contribution >= 0.6 is 0 Å². The highest BCUT2D eigenvalue weighted by Crippen LogP contribution is 2.12. The Balaban J connectivity index is 2.87. The van der Waals surface area contributed by atoms with E-state index >= 15 is 0 Å². The van der Waals surface area contributed by atoms with Gasteiger partial charge in [0.25, 0.3) is 0 Å². The van der Waals surface area contributed by atoms with E-state index in [9.17, 15) is 4.79 Å². The molecule has 1 amide bonds. The van der Waals surface area contributed by atoms with Crippen molar-refractivity contribution in [3.05, 3.63) is 0 Å². The number of likely N-dealkylation sites (N-methyl/N-ethyl adjacent to an activating group) is 2. The van der Waals surface area contributed by atoms with Gasteiger partial charge < -0.3 is 20.7 Å². The fraction of sp³-hybridized carbons (Fsp3) is 0.600. The maximum absolute atomic E-state index is 11.5. The van der Waals surface area contributed by atoms with Gasteiger partial charge in [-0.2, -0.15) is 15.0 Å². The first-order chi connectivity index (χ1) is 8.60. The molecule has 0 fully saturated rings. The Labute approximate surface area is 106 Å². The fourth-order valence-corrected chi connectivity index (χ4v) is 1.34. The molecule has 18 heavy (non-hydrogen) atoms. The van der Waals surface area contributed by atoms with Gasteiger partial charge in [0.05, 0.1) is 13.7 Å². The summed E-state index contributed by atoms with van der Waals surface area (Å²) in [5.74, 6) is 0.289. The Morgan fingerprint density at radius 3 is 2.67 bits per heavy atom. The Morgan fingerprint density at radius 2 is 2.11 bits per heavy atom. The van der Waals surface area contributed by atoms with Crippen LogP contribution in [-0.2, 0) is 4.79 Å². The molecule has 0 saturated heterocycles. The molecule has 100 valence electrons. The Bertz CT molecular complexity index is 411. The van der Waals surface area contributed by atoms with Gasteiger partial charge in [-0.25, -0.2) is 0 Å². The summed E-state index contributed by atoms with van der Waals surface area (Å²) in [5, 5.41) is 2.71. The number of nitrogens with zero attached hydrogens (tertiary/aromatic N) is 4. The van der Waals surface area contributed by atoms with E-state index in [0.717, 1.165) is 0 Å². The SMILES string of the molecule is CCNC(=O)CN(CC)c1nc(N)nc(OC)n1. The van der Waals surface area contributed by atoms with Crippen molar-refractivity contribution >= 4 is 17.8 Å². The molecule has 0 unspecified atom stereocenters. The third kappa shape index (κ3) is 3.72. The normalized spacial score (nSPS) is 9.94. The summed E-state index contributed by atoms with van der Waals surface area (Å²) in [6, 6.07) is 0.131. The topological polar surface area (TPSA) is 106 Å². The van der Waals surface area contributed by atoms with Crippen molar-refractivity contribution in [1.29, 1.82) is 0 Å². The predicted octanol–water partition coefficient (Wildman–Crippen LogP) is -0.575. The molecule has 8 heteroatoms. The van der Waals surface area contributed by atoms with E-state index in [4.69, 9.17) is 10.5 Å². The van der Waals surface area contributed by atoms with E-state index in [1.165, 1.54) is 7.11 Å². The van der Waals surface area contributed by atoms with E-state index in [1.807, 2.05) is 13.8 Å². The molecule has 0 aliphatic carbocycles. The van der Waals surface area contributed by atoms with Crippen molar-refractivity contribution in [2.24, 2.45) is 0 Å². The summed E-state index contributed by atoms with van der Waals surface area (Å²) < 4.78 is 4.91. The lowest BCUT2D eigenvalue weighted by Crippen LogP contribution is -2.38. The molecule has 1 aromatic heterocycles. The van der Waals surface area contributed by atoms with E-state index in [2.05, 4.69) is 20.3 Å². The predicted molar refractivity (Wildman–Crippen MR) is 67.4 cm³/mol. The number of hydrogen-bond donors (Lipinski definition) is 2. The second-order valence-corrected chi connectivity index (χ2v) is 3.45. The van der Waals surface area contributed by atoms with Crippen LogP contribution in [0.4, 0.5) is 11.9 Å². The number of ether oxygens (including phenoxy) is 1. The third-order valence-corrected chi connectivity index (χ3v) is 2.18. The van der Waals surface area contributed by atoms with Gasteiger partial charge in [-0.15, -0.1) is 0 Å². The van der Waals surface area contributed by atoms with Crippen molar-refractivity contribution in [3.63, 3.8) is 0 Å². The summed E-state index contributed by atoms with van der Waals surface area (Å²) in [4.78, 5) is 25.1. The van der Waals surface area contributed by atoms with Gasteiger partial charge in [-0.3, -0.25) is 4.79 Å². The van der Waals surface area contributed by atoms with E-state index in [1.54, 1.807) is 4.90 Å². The number of aromatic nitrogens is 3. The van der Waals surface area contributed by atoms with Crippen molar-refractivity contribution in [2.75, 3.05) is 37.4 Å². The first kappa shape index (κ1) is 13.9. The number of methoxy groups -OCH3 is 1. The highest BCUT2D eigenvalue weighted by Gasteiger charge is 2.14. The average Bonchev–Trinajstić information content (AvgIpc) is 2.35. The van der Waals surface area contributed by atoms with Crippen LogP contribution in [0.25, 0.3) is 0 Å². The fourth-order valence-electron chi connectivity index (χ4n) is 1.34. The molecule has 0 radical (unpaired) electrons. The largest absolute Gasteiger partial charge is 0.467 e. The standard InChI is InChI=1S/C10H18N6O2/c1-4-12-7(17)6-16(5-2)9-13-8(11)14-10(15-9)18-3/h4-6H2,1-3H3,(H,12,17)(H2,11,13,14,15). The Hall–Kier alpha value is -2.12. The molecule has 3 N–H and O–H groups in total. The summed E-state index contributed by atoms with van der Waals surface area (Å²) in [6.07, 6.45) is 0. The van der Waals surface area contributed by atoms with Gasteiger partial charge >= 0.3 is 6.01 Å². The van der Waals surface area contributed by atoms with Crippen molar-refractivity contribution in [1.82, 2.24) is 20.3 Å². The van der Waals surface area contributed by atoms with Crippen LogP contribution in [0, 0.1) is 0 Å².